The molecule has 136 valence electrons. The van der Waals surface area contributed by atoms with E-state index in [2.05, 4.69) is 69.8 Å². The van der Waals surface area contributed by atoms with Gasteiger partial charge in [-0.25, -0.2) is 0 Å². The number of para-hydroxylation sites is 1. The van der Waals surface area contributed by atoms with Gasteiger partial charge in [-0.15, -0.1) is 11.3 Å². The van der Waals surface area contributed by atoms with Crippen LogP contribution in [0.4, 0.5) is 5.69 Å². The molecule has 1 aromatic heterocycles. The highest BCUT2D eigenvalue weighted by Gasteiger charge is 2.26. The minimum absolute atomic E-state index is 0.417. The molecule has 1 aliphatic rings. The van der Waals surface area contributed by atoms with E-state index in [1.807, 2.05) is 29.5 Å². The van der Waals surface area contributed by atoms with Crippen LogP contribution in [0.1, 0.15) is 22.0 Å². The van der Waals surface area contributed by atoms with Crippen molar-refractivity contribution >= 4 is 17.0 Å². The number of hydrogen-bond acceptors (Lipinski definition) is 4. The average Bonchev–Trinajstić information content (AvgIpc) is 3.27. The maximum Gasteiger partial charge on any atom is 0.101 e. The quantitative estimate of drug-likeness (QED) is 0.648. The normalized spacial score (nSPS) is 16.0. The Bertz CT molecular complexity index is 891. The molecule has 4 heteroatoms. The van der Waals surface area contributed by atoms with Crippen LogP contribution in [-0.2, 0) is 6.42 Å². The number of piperazine rings is 1. The van der Waals surface area contributed by atoms with Crippen molar-refractivity contribution in [2.75, 3.05) is 31.1 Å². The minimum Gasteiger partial charge on any atom is -0.368 e. The second-order valence-corrected chi connectivity index (χ2v) is 7.85. The van der Waals surface area contributed by atoms with E-state index in [4.69, 9.17) is 0 Å². The van der Waals surface area contributed by atoms with Gasteiger partial charge in [0.2, 0.25) is 0 Å². The summed E-state index contributed by atoms with van der Waals surface area (Å²) in [4.78, 5) is 6.39. The zero-order valence-corrected chi connectivity index (χ0v) is 16.1. The first-order valence-corrected chi connectivity index (χ1v) is 10.3. The van der Waals surface area contributed by atoms with Gasteiger partial charge in [0, 0.05) is 37.1 Å². The van der Waals surface area contributed by atoms with E-state index >= 15 is 0 Å². The van der Waals surface area contributed by atoms with Crippen LogP contribution in [0, 0.1) is 11.3 Å². The number of hydrogen-bond donors (Lipinski definition) is 0. The molecule has 0 saturated carbocycles. The van der Waals surface area contributed by atoms with Crippen molar-refractivity contribution in [3.63, 3.8) is 0 Å². The Labute approximate surface area is 165 Å². The molecule has 0 bridgehead atoms. The summed E-state index contributed by atoms with van der Waals surface area (Å²) < 4.78 is 0. The molecular formula is C23H23N3S. The monoisotopic (exact) mass is 373 g/mol. The molecule has 1 atom stereocenters. The van der Waals surface area contributed by atoms with Gasteiger partial charge in [0.1, 0.15) is 6.07 Å². The van der Waals surface area contributed by atoms with Crippen molar-refractivity contribution in [3.8, 4) is 6.07 Å². The van der Waals surface area contributed by atoms with Crippen LogP contribution in [0.2, 0.25) is 0 Å². The summed E-state index contributed by atoms with van der Waals surface area (Å²) in [6.45, 7) is 3.93. The lowest BCUT2D eigenvalue weighted by Crippen LogP contribution is -2.48. The fourth-order valence-corrected chi connectivity index (χ4v) is 4.71. The van der Waals surface area contributed by atoms with E-state index in [1.54, 1.807) is 0 Å². The van der Waals surface area contributed by atoms with Crippen LogP contribution in [0.3, 0.4) is 0 Å². The predicted molar refractivity (Wildman–Crippen MR) is 112 cm³/mol. The van der Waals surface area contributed by atoms with Crippen molar-refractivity contribution in [2.24, 2.45) is 0 Å². The van der Waals surface area contributed by atoms with Gasteiger partial charge in [0.15, 0.2) is 0 Å². The molecule has 0 aliphatic carbocycles. The third-order valence-corrected chi connectivity index (χ3v) is 6.24. The third-order valence-electron chi connectivity index (χ3n) is 5.26. The van der Waals surface area contributed by atoms with Gasteiger partial charge >= 0.3 is 0 Å². The largest absolute Gasteiger partial charge is 0.368 e. The Kier molecular flexibility index (Phi) is 5.53. The molecule has 0 radical (unpaired) electrons. The van der Waals surface area contributed by atoms with Crippen molar-refractivity contribution in [3.05, 3.63) is 88.1 Å². The molecule has 3 aromatic rings. The molecule has 2 aromatic carbocycles. The molecule has 3 nitrogen and oxygen atoms in total. The highest BCUT2D eigenvalue weighted by atomic mass is 32.1. The van der Waals surface area contributed by atoms with Crippen LogP contribution in [0.25, 0.3) is 0 Å². The van der Waals surface area contributed by atoms with Crippen LogP contribution >= 0.6 is 11.3 Å². The Morgan fingerprint density at radius 2 is 1.63 bits per heavy atom. The zero-order chi connectivity index (χ0) is 18.5. The molecule has 27 heavy (non-hydrogen) atoms. The minimum atomic E-state index is 0.417. The lowest BCUT2D eigenvalue weighted by molar-refractivity contribution is 0.187. The fraction of sp³-hybridized carbons (Fsp3) is 0.261. The van der Waals surface area contributed by atoms with E-state index in [0.29, 0.717) is 6.04 Å². The summed E-state index contributed by atoms with van der Waals surface area (Å²) in [5, 5.41) is 11.6. The maximum atomic E-state index is 9.39. The van der Waals surface area contributed by atoms with Crippen LogP contribution in [0.5, 0.6) is 0 Å². The highest BCUT2D eigenvalue weighted by Crippen LogP contribution is 2.31. The topological polar surface area (TPSA) is 30.3 Å². The van der Waals surface area contributed by atoms with Gasteiger partial charge in [-0.05, 0) is 35.6 Å². The first-order valence-electron chi connectivity index (χ1n) is 9.40. The molecule has 1 unspecified atom stereocenters. The van der Waals surface area contributed by atoms with Crippen molar-refractivity contribution in [2.45, 2.75) is 12.5 Å². The standard InChI is InChI=1S/C23H23N3S/c24-18-20-9-4-5-10-21(20)25-12-14-26(15-13-25)22(23-11-6-16-27-23)17-19-7-2-1-3-8-19/h1-11,16,22H,12-15,17H2. The van der Waals surface area contributed by atoms with E-state index < -0.39 is 0 Å². The summed E-state index contributed by atoms with van der Waals surface area (Å²) >= 11 is 1.85. The lowest BCUT2D eigenvalue weighted by Gasteiger charge is -2.40. The van der Waals surface area contributed by atoms with E-state index in [0.717, 1.165) is 43.9 Å². The van der Waals surface area contributed by atoms with Crippen molar-refractivity contribution in [1.82, 2.24) is 4.90 Å². The van der Waals surface area contributed by atoms with E-state index in [-0.39, 0.29) is 0 Å². The molecule has 1 fully saturated rings. The Morgan fingerprint density at radius 3 is 2.33 bits per heavy atom. The summed E-state index contributed by atoms with van der Waals surface area (Å²) in [5.41, 5.74) is 3.22. The molecule has 2 heterocycles. The lowest BCUT2D eigenvalue weighted by atomic mass is 10.0. The first-order chi connectivity index (χ1) is 13.3. The molecule has 1 saturated heterocycles. The van der Waals surface area contributed by atoms with Crippen LogP contribution in [-0.4, -0.2) is 31.1 Å². The number of anilines is 1. The van der Waals surface area contributed by atoms with E-state index in [9.17, 15) is 5.26 Å². The summed E-state index contributed by atoms with van der Waals surface area (Å²) in [5.74, 6) is 0. The smallest absolute Gasteiger partial charge is 0.101 e. The number of nitriles is 1. The van der Waals surface area contributed by atoms with Gasteiger partial charge in [-0.1, -0.05) is 48.5 Å². The molecule has 0 amide bonds. The SMILES string of the molecule is N#Cc1ccccc1N1CCN(C(Cc2ccccc2)c2cccs2)CC1. The number of nitrogens with zero attached hydrogens (tertiary/aromatic N) is 3. The van der Waals surface area contributed by atoms with Crippen molar-refractivity contribution in [1.29, 1.82) is 5.26 Å². The highest BCUT2D eigenvalue weighted by molar-refractivity contribution is 7.10. The van der Waals surface area contributed by atoms with Crippen LogP contribution in [0.15, 0.2) is 72.1 Å². The Morgan fingerprint density at radius 1 is 0.889 bits per heavy atom. The van der Waals surface area contributed by atoms with E-state index in [1.165, 1.54) is 10.4 Å². The van der Waals surface area contributed by atoms with Gasteiger partial charge in [-0.2, -0.15) is 5.26 Å². The molecule has 4 rings (SSSR count). The van der Waals surface area contributed by atoms with Gasteiger partial charge < -0.3 is 4.90 Å². The average molecular weight is 374 g/mol. The van der Waals surface area contributed by atoms with Gasteiger partial charge in [0.25, 0.3) is 0 Å². The fourth-order valence-electron chi connectivity index (χ4n) is 3.85. The third kappa shape index (κ3) is 4.05. The number of thiophene rings is 1. The summed E-state index contributed by atoms with van der Waals surface area (Å²) in [7, 11) is 0. The summed E-state index contributed by atoms with van der Waals surface area (Å²) in [6.07, 6.45) is 1.04. The zero-order valence-electron chi connectivity index (χ0n) is 15.3. The number of benzene rings is 2. The second-order valence-electron chi connectivity index (χ2n) is 6.87. The Balaban J connectivity index is 1.49. The second kappa shape index (κ2) is 8.39. The molecule has 0 spiro atoms. The van der Waals surface area contributed by atoms with Crippen molar-refractivity contribution < 1.29 is 0 Å². The molecule has 1 aliphatic heterocycles. The molecular weight excluding hydrogens is 350 g/mol. The first kappa shape index (κ1) is 17.8. The Hall–Kier alpha value is -2.61. The van der Waals surface area contributed by atoms with Crippen LogP contribution < -0.4 is 4.90 Å². The van der Waals surface area contributed by atoms with Gasteiger partial charge in [0.05, 0.1) is 11.3 Å². The molecule has 0 N–H and O–H groups in total. The number of rotatable bonds is 5. The van der Waals surface area contributed by atoms with Gasteiger partial charge in [-0.3, -0.25) is 4.90 Å². The maximum absolute atomic E-state index is 9.39. The predicted octanol–water partition coefficient (Wildman–Crippen LogP) is 4.73. The summed E-state index contributed by atoms with van der Waals surface area (Å²) in [6, 6.07) is 25.9.